The summed E-state index contributed by atoms with van der Waals surface area (Å²) in [4.78, 5) is 11.8. The molecule has 26 heavy (non-hydrogen) atoms. The van der Waals surface area contributed by atoms with Crippen LogP contribution in [0.15, 0.2) is 65.4 Å². The monoisotopic (exact) mass is 417 g/mol. The van der Waals surface area contributed by atoms with Crippen LogP contribution in [0.4, 0.5) is 4.39 Å². The van der Waals surface area contributed by atoms with Gasteiger partial charge in [-0.15, -0.1) is 0 Å². The zero-order valence-corrected chi connectivity index (χ0v) is 15.4. The van der Waals surface area contributed by atoms with E-state index in [-0.39, 0.29) is 18.3 Å². The van der Waals surface area contributed by atoms with Crippen molar-refractivity contribution >= 4 is 21.8 Å². The van der Waals surface area contributed by atoms with Crippen molar-refractivity contribution in [1.82, 2.24) is 15.1 Å². The number of halogens is 2. The summed E-state index contributed by atoms with van der Waals surface area (Å²) in [5, 5.41) is 6.94. The van der Waals surface area contributed by atoms with E-state index in [9.17, 15) is 9.18 Å². The maximum atomic E-state index is 13.6. The van der Waals surface area contributed by atoms with Crippen LogP contribution in [0.2, 0.25) is 0 Å². The Morgan fingerprint density at radius 2 is 2.04 bits per heavy atom. The van der Waals surface area contributed by atoms with Gasteiger partial charge >= 0.3 is 0 Å². The average Bonchev–Trinajstić information content (AvgIpc) is 3.16. The van der Waals surface area contributed by atoms with Crippen LogP contribution in [0.25, 0.3) is 5.69 Å². The Morgan fingerprint density at radius 3 is 2.73 bits per heavy atom. The van der Waals surface area contributed by atoms with Crippen molar-refractivity contribution in [2.75, 3.05) is 13.2 Å². The number of amides is 1. The second-order valence-electron chi connectivity index (χ2n) is 5.58. The first-order chi connectivity index (χ1) is 12.6. The third-order valence-corrected chi connectivity index (χ3v) is 4.19. The quantitative estimate of drug-likeness (QED) is 0.639. The SMILES string of the molecule is O=C(COc1ccc(Br)cc1F)NCCc1ccc(-n2cccn2)cc1. The molecule has 134 valence electrons. The van der Waals surface area contributed by atoms with Gasteiger partial charge in [-0.25, -0.2) is 9.07 Å². The normalized spacial score (nSPS) is 10.5. The van der Waals surface area contributed by atoms with E-state index in [0.29, 0.717) is 17.4 Å². The Bertz CT molecular complexity index is 867. The molecule has 0 radical (unpaired) electrons. The fraction of sp³-hybridized carbons (Fsp3) is 0.158. The molecule has 1 amide bonds. The molecule has 0 spiro atoms. The molecule has 3 rings (SSSR count). The van der Waals surface area contributed by atoms with Crippen molar-refractivity contribution in [3.05, 3.63) is 76.8 Å². The highest BCUT2D eigenvalue weighted by molar-refractivity contribution is 9.10. The van der Waals surface area contributed by atoms with E-state index < -0.39 is 5.82 Å². The number of rotatable bonds is 7. The molecule has 0 bridgehead atoms. The van der Waals surface area contributed by atoms with E-state index in [2.05, 4.69) is 26.3 Å². The summed E-state index contributed by atoms with van der Waals surface area (Å²) in [5.41, 5.74) is 2.08. The Morgan fingerprint density at radius 1 is 1.23 bits per heavy atom. The van der Waals surface area contributed by atoms with Crippen molar-refractivity contribution in [3.63, 3.8) is 0 Å². The minimum atomic E-state index is -0.510. The van der Waals surface area contributed by atoms with E-state index in [1.54, 1.807) is 16.9 Å². The molecule has 0 fully saturated rings. The number of nitrogens with one attached hydrogen (secondary N) is 1. The number of hydrogen-bond donors (Lipinski definition) is 1. The van der Waals surface area contributed by atoms with Gasteiger partial charge in [0.05, 0.1) is 5.69 Å². The highest BCUT2D eigenvalue weighted by Gasteiger charge is 2.07. The number of aromatic nitrogens is 2. The zero-order valence-electron chi connectivity index (χ0n) is 13.9. The van der Waals surface area contributed by atoms with Gasteiger partial charge in [0, 0.05) is 23.4 Å². The van der Waals surface area contributed by atoms with Crippen molar-refractivity contribution in [2.45, 2.75) is 6.42 Å². The summed E-state index contributed by atoms with van der Waals surface area (Å²) >= 11 is 3.17. The third kappa shape index (κ3) is 4.92. The Hall–Kier alpha value is -2.67. The summed E-state index contributed by atoms with van der Waals surface area (Å²) in [6, 6.07) is 14.2. The summed E-state index contributed by atoms with van der Waals surface area (Å²) in [6.07, 6.45) is 4.30. The van der Waals surface area contributed by atoms with Gasteiger partial charge in [0.2, 0.25) is 0 Å². The number of hydrogen-bond acceptors (Lipinski definition) is 3. The van der Waals surface area contributed by atoms with Crippen molar-refractivity contribution in [1.29, 1.82) is 0 Å². The largest absolute Gasteiger partial charge is 0.481 e. The lowest BCUT2D eigenvalue weighted by molar-refractivity contribution is -0.123. The first kappa shape index (κ1) is 18.1. The Balaban J connectivity index is 1.42. The average molecular weight is 418 g/mol. The van der Waals surface area contributed by atoms with Crippen LogP contribution in [0.1, 0.15) is 5.56 Å². The highest BCUT2D eigenvalue weighted by atomic mass is 79.9. The Kier molecular flexibility index (Phi) is 6.01. The molecular weight excluding hydrogens is 401 g/mol. The molecule has 0 atom stereocenters. The molecule has 0 unspecified atom stereocenters. The molecule has 0 aliphatic heterocycles. The van der Waals surface area contributed by atoms with Crippen LogP contribution in [0.5, 0.6) is 5.75 Å². The van der Waals surface area contributed by atoms with Gasteiger partial charge in [0.25, 0.3) is 5.91 Å². The minimum absolute atomic E-state index is 0.0533. The third-order valence-electron chi connectivity index (χ3n) is 3.69. The van der Waals surface area contributed by atoms with Crippen molar-refractivity contribution < 1.29 is 13.9 Å². The van der Waals surface area contributed by atoms with Gasteiger partial charge in [-0.05, 0) is 48.4 Å². The highest BCUT2D eigenvalue weighted by Crippen LogP contribution is 2.21. The predicted octanol–water partition coefficient (Wildman–Crippen LogP) is 3.51. The maximum absolute atomic E-state index is 13.6. The molecular formula is C19H17BrFN3O2. The maximum Gasteiger partial charge on any atom is 0.257 e. The molecule has 1 N–H and O–H groups in total. The summed E-state index contributed by atoms with van der Waals surface area (Å²) in [5.74, 6) is -0.748. The van der Waals surface area contributed by atoms with Gasteiger partial charge in [-0.3, -0.25) is 4.79 Å². The van der Waals surface area contributed by atoms with E-state index in [4.69, 9.17) is 4.74 Å². The van der Waals surface area contributed by atoms with Crippen LogP contribution < -0.4 is 10.1 Å². The minimum Gasteiger partial charge on any atom is -0.481 e. The van der Waals surface area contributed by atoms with E-state index in [0.717, 1.165) is 11.3 Å². The predicted molar refractivity (Wildman–Crippen MR) is 99.9 cm³/mol. The van der Waals surface area contributed by atoms with Crippen molar-refractivity contribution in [3.8, 4) is 11.4 Å². The van der Waals surface area contributed by atoms with Crippen LogP contribution in [0.3, 0.4) is 0 Å². The number of ether oxygens (including phenoxy) is 1. The fourth-order valence-electron chi connectivity index (χ4n) is 2.37. The summed E-state index contributed by atoms with van der Waals surface area (Å²) in [6.45, 7) is 0.253. The molecule has 1 aromatic heterocycles. The van der Waals surface area contributed by atoms with Gasteiger partial charge in [-0.2, -0.15) is 5.10 Å². The molecule has 2 aromatic carbocycles. The number of carbonyl (C=O) groups is 1. The first-order valence-electron chi connectivity index (χ1n) is 8.05. The fourth-order valence-corrected chi connectivity index (χ4v) is 2.70. The van der Waals surface area contributed by atoms with Crippen molar-refractivity contribution in [2.24, 2.45) is 0 Å². The lowest BCUT2D eigenvalue weighted by atomic mass is 10.1. The zero-order chi connectivity index (χ0) is 18.4. The molecule has 7 heteroatoms. The van der Waals surface area contributed by atoms with Gasteiger partial charge in [0.1, 0.15) is 0 Å². The molecule has 0 aliphatic carbocycles. The molecule has 0 saturated heterocycles. The topological polar surface area (TPSA) is 56.1 Å². The van der Waals surface area contributed by atoms with Gasteiger partial charge < -0.3 is 10.1 Å². The van der Waals surface area contributed by atoms with Gasteiger partial charge in [-0.1, -0.05) is 28.1 Å². The van der Waals surface area contributed by atoms with E-state index in [1.807, 2.05) is 36.5 Å². The van der Waals surface area contributed by atoms with Crippen LogP contribution in [0, 0.1) is 5.82 Å². The first-order valence-corrected chi connectivity index (χ1v) is 8.84. The van der Waals surface area contributed by atoms with E-state index in [1.165, 1.54) is 12.1 Å². The van der Waals surface area contributed by atoms with Crippen LogP contribution >= 0.6 is 15.9 Å². The van der Waals surface area contributed by atoms with E-state index >= 15 is 0 Å². The standard InChI is InChI=1S/C19H17BrFN3O2/c20-15-4-7-18(17(21)12-15)26-13-19(25)22-10-8-14-2-5-16(6-3-14)24-11-1-9-23-24/h1-7,9,11-12H,8,10,13H2,(H,22,25). The second kappa shape index (κ2) is 8.62. The summed E-state index contributed by atoms with van der Waals surface area (Å²) < 4.78 is 21.2. The van der Waals surface area contributed by atoms with Crippen LogP contribution in [-0.2, 0) is 11.2 Å². The molecule has 1 heterocycles. The lowest BCUT2D eigenvalue weighted by Gasteiger charge is -2.09. The smallest absolute Gasteiger partial charge is 0.257 e. The lowest BCUT2D eigenvalue weighted by Crippen LogP contribution is -2.30. The number of carbonyl (C=O) groups excluding carboxylic acids is 1. The summed E-state index contributed by atoms with van der Waals surface area (Å²) in [7, 11) is 0. The van der Waals surface area contributed by atoms with Crippen LogP contribution in [-0.4, -0.2) is 28.8 Å². The molecule has 0 saturated carbocycles. The van der Waals surface area contributed by atoms with Gasteiger partial charge in [0.15, 0.2) is 18.2 Å². The molecule has 5 nitrogen and oxygen atoms in total. The molecule has 3 aromatic rings. The number of nitrogens with zero attached hydrogens (tertiary/aromatic N) is 2. The second-order valence-corrected chi connectivity index (χ2v) is 6.50. The Labute approximate surface area is 158 Å². The number of benzene rings is 2. The molecule has 0 aliphatic rings.